The van der Waals surface area contributed by atoms with Crippen molar-refractivity contribution in [3.63, 3.8) is 0 Å². The van der Waals surface area contributed by atoms with E-state index in [-0.39, 0.29) is 17.2 Å². The van der Waals surface area contributed by atoms with Gasteiger partial charge in [-0.1, -0.05) is 32.0 Å². The Labute approximate surface area is 254 Å². The zero-order valence-electron chi connectivity index (χ0n) is 25.2. The van der Waals surface area contributed by atoms with E-state index in [1.807, 2.05) is 18.2 Å². The second-order valence-electron chi connectivity index (χ2n) is 11.6. The van der Waals surface area contributed by atoms with Gasteiger partial charge in [-0.15, -0.1) is 0 Å². The summed E-state index contributed by atoms with van der Waals surface area (Å²) in [5.41, 5.74) is 3.54. The van der Waals surface area contributed by atoms with Crippen LogP contribution in [0.5, 0.6) is 0 Å². The van der Waals surface area contributed by atoms with E-state index in [2.05, 4.69) is 55.5 Å². The SMILES string of the molecule is CC[C@@](C)(CNc1cc(-c2cnc(CC3CCN(CC(F)(F)F)CC3)nc2)ncn1)c1cccc2c(C(=O)NC)ccnc12. The molecule has 1 amide bonds. The van der Waals surface area contributed by atoms with Crippen molar-refractivity contribution in [2.45, 2.75) is 51.1 Å². The number of carbonyl (C=O) groups is 1. The number of halogens is 3. The molecular formula is C32H37F3N8O. The Bertz CT molecular complexity index is 1590. The Hall–Kier alpha value is -4.19. The highest BCUT2D eigenvalue weighted by Crippen LogP contribution is 2.34. The quantitative estimate of drug-likeness (QED) is 0.246. The van der Waals surface area contributed by atoms with Crippen LogP contribution in [0.15, 0.2) is 55.2 Å². The lowest BCUT2D eigenvalue weighted by molar-refractivity contribution is -0.148. The van der Waals surface area contributed by atoms with Crippen LogP contribution in [0.3, 0.4) is 0 Å². The molecule has 1 aliphatic heterocycles. The highest BCUT2D eigenvalue weighted by Gasteiger charge is 2.33. The third kappa shape index (κ3) is 7.29. The number of alkyl halides is 3. The second kappa shape index (κ2) is 13.2. The highest BCUT2D eigenvalue weighted by molar-refractivity contribution is 6.06. The average Bonchev–Trinajstić information content (AvgIpc) is 3.03. The van der Waals surface area contributed by atoms with Crippen molar-refractivity contribution in [2.24, 2.45) is 5.92 Å². The van der Waals surface area contributed by atoms with Crippen LogP contribution < -0.4 is 10.6 Å². The van der Waals surface area contributed by atoms with Crippen molar-refractivity contribution in [3.8, 4) is 11.3 Å². The predicted octanol–water partition coefficient (Wildman–Crippen LogP) is 5.44. The Morgan fingerprint density at radius 2 is 1.80 bits per heavy atom. The number of amides is 1. The van der Waals surface area contributed by atoms with Crippen molar-refractivity contribution in [1.82, 2.24) is 35.1 Å². The van der Waals surface area contributed by atoms with Gasteiger partial charge in [0.05, 0.1) is 23.3 Å². The van der Waals surface area contributed by atoms with Crippen molar-refractivity contribution in [2.75, 3.05) is 38.5 Å². The van der Waals surface area contributed by atoms with E-state index in [1.165, 1.54) is 11.2 Å². The first-order valence-electron chi connectivity index (χ1n) is 14.8. The summed E-state index contributed by atoms with van der Waals surface area (Å²) < 4.78 is 38.0. The molecule has 0 aliphatic carbocycles. The molecule has 44 heavy (non-hydrogen) atoms. The van der Waals surface area contributed by atoms with Gasteiger partial charge in [-0.2, -0.15) is 13.2 Å². The van der Waals surface area contributed by atoms with Gasteiger partial charge in [0.25, 0.3) is 5.91 Å². The van der Waals surface area contributed by atoms with Crippen LogP contribution in [-0.4, -0.2) is 75.1 Å². The molecule has 3 aromatic heterocycles. The van der Waals surface area contributed by atoms with Gasteiger partial charge in [-0.3, -0.25) is 14.7 Å². The van der Waals surface area contributed by atoms with Crippen LogP contribution >= 0.6 is 0 Å². The first kappa shape index (κ1) is 31.2. The molecule has 9 nitrogen and oxygen atoms in total. The molecule has 0 saturated carbocycles. The lowest BCUT2D eigenvalue weighted by atomic mass is 9.78. The summed E-state index contributed by atoms with van der Waals surface area (Å²) >= 11 is 0. The highest BCUT2D eigenvalue weighted by atomic mass is 19.4. The molecule has 0 spiro atoms. The number of aromatic nitrogens is 5. The maximum absolute atomic E-state index is 12.7. The van der Waals surface area contributed by atoms with Crippen LogP contribution in [0.1, 0.15) is 54.9 Å². The van der Waals surface area contributed by atoms with Gasteiger partial charge in [-0.25, -0.2) is 19.9 Å². The number of para-hydroxylation sites is 1. The lowest BCUT2D eigenvalue weighted by Crippen LogP contribution is -2.40. The van der Waals surface area contributed by atoms with E-state index in [0.29, 0.717) is 61.8 Å². The lowest BCUT2D eigenvalue weighted by Gasteiger charge is -2.32. The molecule has 4 heterocycles. The van der Waals surface area contributed by atoms with E-state index in [9.17, 15) is 18.0 Å². The van der Waals surface area contributed by atoms with Crippen LogP contribution in [-0.2, 0) is 11.8 Å². The summed E-state index contributed by atoms with van der Waals surface area (Å²) in [5, 5.41) is 6.98. The fraction of sp³-hybridized carbons (Fsp3) is 0.438. The molecule has 5 rings (SSSR count). The molecule has 0 radical (unpaired) electrons. The van der Waals surface area contributed by atoms with Gasteiger partial charge >= 0.3 is 6.18 Å². The van der Waals surface area contributed by atoms with Gasteiger partial charge < -0.3 is 10.6 Å². The van der Waals surface area contributed by atoms with E-state index in [1.54, 1.807) is 31.7 Å². The first-order valence-corrected chi connectivity index (χ1v) is 14.8. The number of likely N-dealkylation sites (tertiary alicyclic amines) is 1. The summed E-state index contributed by atoms with van der Waals surface area (Å²) in [5.74, 6) is 1.45. The number of nitrogens with zero attached hydrogens (tertiary/aromatic N) is 6. The number of carbonyl (C=O) groups excluding carboxylic acids is 1. The summed E-state index contributed by atoms with van der Waals surface area (Å²) in [6, 6.07) is 9.53. The fourth-order valence-electron chi connectivity index (χ4n) is 5.76. The van der Waals surface area contributed by atoms with Gasteiger partial charge in [0.15, 0.2) is 0 Å². The second-order valence-corrected chi connectivity index (χ2v) is 11.6. The van der Waals surface area contributed by atoms with Crippen molar-refractivity contribution in [1.29, 1.82) is 0 Å². The first-order chi connectivity index (χ1) is 21.1. The van der Waals surface area contributed by atoms with E-state index in [4.69, 9.17) is 0 Å². The fourth-order valence-corrected chi connectivity index (χ4v) is 5.76. The largest absolute Gasteiger partial charge is 0.401 e. The standard InChI is InChI=1S/C32H37F3N8O/c1-4-31(2,25-7-5-6-23-24(30(44)36-3)8-11-37-29(23)25)18-40-28-15-26(41-20-42-28)22-16-38-27(39-17-22)14-21-9-12-43(13-10-21)19-32(33,34)35/h5-8,11,15-17,20-21H,4,9-10,12-14,18-19H2,1-3H3,(H,36,44)(H,40,41,42)/t31-/m0/s1. The topological polar surface area (TPSA) is 109 Å². The molecular weight excluding hydrogens is 569 g/mol. The molecule has 2 N–H and O–H groups in total. The van der Waals surface area contributed by atoms with E-state index >= 15 is 0 Å². The average molecular weight is 607 g/mol. The minimum atomic E-state index is -4.16. The molecule has 1 saturated heterocycles. The number of fused-ring (bicyclic) bond motifs is 1. The number of piperidine rings is 1. The van der Waals surface area contributed by atoms with Crippen molar-refractivity contribution >= 4 is 22.6 Å². The number of nitrogens with one attached hydrogen (secondary N) is 2. The van der Waals surface area contributed by atoms with E-state index in [0.717, 1.165) is 28.5 Å². The predicted molar refractivity (Wildman–Crippen MR) is 163 cm³/mol. The van der Waals surface area contributed by atoms with Crippen LogP contribution in [0.4, 0.5) is 19.0 Å². The normalized spacial score (nSPS) is 16.0. The smallest absolute Gasteiger partial charge is 0.369 e. The molecule has 232 valence electrons. The summed E-state index contributed by atoms with van der Waals surface area (Å²) in [6.07, 6.45) is 5.32. The van der Waals surface area contributed by atoms with Gasteiger partial charge in [0.1, 0.15) is 18.0 Å². The van der Waals surface area contributed by atoms with Crippen molar-refractivity contribution < 1.29 is 18.0 Å². The molecule has 1 atom stereocenters. The maximum Gasteiger partial charge on any atom is 0.401 e. The summed E-state index contributed by atoms with van der Waals surface area (Å²) in [7, 11) is 1.62. The molecule has 1 aromatic carbocycles. The summed E-state index contributed by atoms with van der Waals surface area (Å²) in [4.78, 5) is 36.5. The van der Waals surface area contributed by atoms with Crippen molar-refractivity contribution in [3.05, 3.63) is 72.2 Å². The Morgan fingerprint density at radius 1 is 1.05 bits per heavy atom. The third-order valence-electron chi connectivity index (χ3n) is 8.58. The van der Waals surface area contributed by atoms with Crippen LogP contribution in [0.25, 0.3) is 22.2 Å². The molecule has 1 aliphatic rings. The van der Waals surface area contributed by atoms with E-state index < -0.39 is 12.7 Å². The number of pyridine rings is 1. The third-order valence-corrected chi connectivity index (χ3v) is 8.58. The van der Waals surface area contributed by atoms with Crippen LogP contribution in [0, 0.1) is 5.92 Å². The van der Waals surface area contributed by atoms with Gasteiger partial charge in [0.2, 0.25) is 0 Å². The monoisotopic (exact) mass is 606 g/mol. The number of anilines is 1. The Balaban J connectivity index is 1.25. The summed E-state index contributed by atoms with van der Waals surface area (Å²) in [6.45, 7) is 4.88. The minimum absolute atomic E-state index is 0.151. The molecule has 0 unspecified atom stereocenters. The zero-order chi connectivity index (χ0) is 31.3. The maximum atomic E-state index is 12.7. The number of rotatable bonds is 10. The molecule has 0 bridgehead atoms. The molecule has 12 heteroatoms. The minimum Gasteiger partial charge on any atom is -0.369 e. The molecule has 1 fully saturated rings. The zero-order valence-corrected chi connectivity index (χ0v) is 25.2. The number of hydrogen-bond donors (Lipinski definition) is 2. The van der Waals surface area contributed by atoms with Gasteiger partial charge in [0, 0.05) is 61.0 Å². The van der Waals surface area contributed by atoms with Crippen LogP contribution in [0.2, 0.25) is 0 Å². The Morgan fingerprint density at radius 3 is 2.48 bits per heavy atom. The number of benzene rings is 1. The van der Waals surface area contributed by atoms with Gasteiger partial charge in [-0.05, 0) is 49.9 Å². The number of hydrogen-bond acceptors (Lipinski definition) is 8. The molecule has 4 aromatic rings. The Kier molecular flexibility index (Phi) is 9.38.